The highest BCUT2D eigenvalue weighted by Gasteiger charge is 2.15. The lowest BCUT2D eigenvalue weighted by atomic mass is 10.2. The van der Waals surface area contributed by atoms with Gasteiger partial charge in [0, 0.05) is 38.0 Å². The number of nitrogens with zero attached hydrogens (tertiary/aromatic N) is 2. The van der Waals surface area contributed by atoms with E-state index in [2.05, 4.69) is 31.3 Å². The van der Waals surface area contributed by atoms with Gasteiger partial charge in [-0.05, 0) is 41.0 Å². The molecule has 0 saturated carbocycles. The summed E-state index contributed by atoms with van der Waals surface area (Å²) >= 11 is 1.67. The topological polar surface area (TPSA) is 87.6 Å². The van der Waals surface area contributed by atoms with Gasteiger partial charge in [-0.25, -0.2) is 9.78 Å². The smallest absolute Gasteiger partial charge is 0.407 e. The Kier molecular flexibility index (Phi) is 9.26. The first kappa shape index (κ1) is 21.2. The Balaban J connectivity index is 2.24. The van der Waals surface area contributed by atoms with E-state index in [1.165, 1.54) is 0 Å². The highest BCUT2D eigenvalue weighted by molar-refractivity contribution is 7.09. The van der Waals surface area contributed by atoms with Crippen molar-refractivity contribution in [3.8, 4) is 0 Å². The van der Waals surface area contributed by atoms with Crippen molar-refractivity contribution in [1.29, 1.82) is 0 Å². The van der Waals surface area contributed by atoms with Gasteiger partial charge in [-0.2, -0.15) is 0 Å². The lowest BCUT2D eigenvalue weighted by Crippen LogP contribution is -2.38. The van der Waals surface area contributed by atoms with Crippen molar-refractivity contribution in [1.82, 2.24) is 20.9 Å². The van der Waals surface area contributed by atoms with Gasteiger partial charge >= 0.3 is 6.09 Å². The van der Waals surface area contributed by atoms with Crippen LogP contribution in [0.2, 0.25) is 0 Å². The molecular formula is C17H31N5O2S. The fraction of sp³-hybridized carbons (Fsp3) is 0.706. The minimum atomic E-state index is -0.472. The maximum absolute atomic E-state index is 11.5. The molecule has 0 spiro atoms. The molecule has 8 heteroatoms. The molecule has 1 aromatic heterocycles. The summed E-state index contributed by atoms with van der Waals surface area (Å²) in [5, 5.41) is 12.4. The lowest BCUT2D eigenvalue weighted by Gasteiger charge is -2.19. The molecule has 1 aromatic rings. The van der Waals surface area contributed by atoms with Crippen LogP contribution in [0.4, 0.5) is 4.79 Å². The van der Waals surface area contributed by atoms with Crippen LogP contribution >= 0.6 is 11.3 Å². The Hall–Kier alpha value is -1.83. The maximum atomic E-state index is 11.5. The fourth-order valence-electron chi connectivity index (χ4n) is 1.95. The number of guanidine groups is 1. The van der Waals surface area contributed by atoms with Crippen molar-refractivity contribution in [3.05, 3.63) is 16.1 Å². The van der Waals surface area contributed by atoms with E-state index < -0.39 is 5.60 Å². The molecule has 7 nitrogen and oxygen atoms in total. The predicted molar refractivity (Wildman–Crippen MR) is 103 cm³/mol. The van der Waals surface area contributed by atoms with Crippen molar-refractivity contribution in [2.75, 3.05) is 26.2 Å². The van der Waals surface area contributed by atoms with Gasteiger partial charge in [0.25, 0.3) is 0 Å². The number of aromatic nitrogens is 1. The maximum Gasteiger partial charge on any atom is 0.407 e. The van der Waals surface area contributed by atoms with Crippen LogP contribution in [0, 0.1) is 6.92 Å². The summed E-state index contributed by atoms with van der Waals surface area (Å²) in [5.41, 5.74) is 0.632. The zero-order valence-electron chi connectivity index (χ0n) is 15.9. The Labute approximate surface area is 154 Å². The number of rotatable bonds is 8. The molecular weight excluding hydrogens is 338 g/mol. The number of alkyl carbamates (subject to hydrolysis) is 1. The monoisotopic (exact) mass is 369 g/mol. The molecule has 0 aliphatic heterocycles. The summed E-state index contributed by atoms with van der Waals surface area (Å²) in [6, 6.07) is 0. The van der Waals surface area contributed by atoms with Gasteiger partial charge in [0.1, 0.15) is 5.60 Å². The van der Waals surface area contributed by atoms with Crippen LogP contribution in [0.3, 0.4) is 0 Å². The summed E-state index contributed by atoms with van der Waals surface area (Å²) in [6.45, 7) is 12.3. The van der Waals surface area contributed by atoms with E-state index in [-0.39, 0.29) is 6.09 Å². The number of aryl methyl sites for hydroxylation is 1. The molecule has 0 aromatic carbocycles. The van der Waals surface area contributed by atoms with Crippen molar-refractivity contribution in [2.24, 2.45) is 4.99 Å². The second-order valence-electron chi connectivity index (χ2n) is 6.58. The first-order valence-corrected chi connectivity index (χ1v) is 9.58. The zero-order chi connectivity index (χ0) is 18.7. The Morgan fingerprint density at radius 1 is 1.28 bits per heavy atom. The third kappa shape index (κ3) is 10.6. The molecule has 0 radical (unpaired) electrons. The van der Waals surface area contributed by atoms with E-state index in [1.807, 2.05) is 34.6 Å². The predicted octanol–water partition coefficient (Wildman–Crippen LogP) is 2.46. The number of thiazole rings is 1. The molecule has 142 valence electrons. The first-order valence-electron chi connectivity index (χ1n) is 8.70. The van der Waals surface area contributed by atoms with Gasteiger partial charge in [-0.3, -0.25) is 4.99 Å². The average Bonchev–Trinajstić information content (AvgIpc) is 2.90. The number of carbonyl (C=O) groups is 1. The van der Waals surface area contributed by atoms with E-state index in [0.717, 1.165) is 42.6 Å². The van der Waals surface area contributed by atoms with E-state index >= 15 is 0 Å². The molecule has 1 amide bonds. The van der Waals surface area contributed by atoms with Gasteiger partial charge in [0.05, 0.1) is 10.7 Å². The summed E-state index contributed by atoms with van der Waals surface area (Å²) in [6.07, 6.45) is 1.23. The number of hydrogen-bond donors (Lipinski definition) is 3. The second kappa shape index (κ2) is 10.9. The molecule has 1 heterocycles. The minimum Gasteiger partial charge on any atom is -0.444 e. The molecule has 3 N–H and O–H groups in total. The standard InChI is InChI=1S/C17H31N5O2S/c1-6-18-15(20-11-8-14-12-25-13(2)22-14)19-9-7-10-21-16(23)24-17(3,4)5/h12H,6-11H2,1-5H3,(H,21,23)(H2,18,19,20). The largest absolute Gasteiger partial charge is 0.444 e. The molecule has 1 rings (SSSR count). The van der Waals surface area contributed by atoms with Crippen LogP contribution in [0.5, 0.6) is 0 Å². The highest BCUT2D eigenvalue weighted by atomic mass is 32.1. The number of aliphatic imine (C=N–C) groups is 1. The van der Waals surface area contributed by atoms with Crippen molar-refractivity contribution in [3.63, 3.8) is 0 Å². The second-order valence-corrected chi connectivity index (χ2v) is 7.64. The first-order chi connectivity index (χ1) is 11.8. The zero-order valence-corrected chi connectivity index (χ0v) is 16.8. The SMILES string of the molecule is CCNC(=NCCCNC(=O)OC(C)(C)C)NCCc1csc(C)n1. The van der Waals surface area contributed by atoms with Crippen molar-refractivity contribution >= 4 is 23.4 Å². The van der Waals surface area contributed by atoms with Gasteiger partial charge < -0.3 is 20.7 Å². The summed E-state index contributed by atoms with van der Waals surface area (Å²) < 4.78 is 5.19. The van der Waals surface area contributed by atoms with Gasteiger partial charge in [0.15, 0.2) is 5.96 Å². The van der Waals surface area contributed by atoms with Crippen molar-refractivity contribution < 1.29 is 9.53 Å². The van der Waals surface area contributed by atoms with E-state index in [1.54, 1.807) is 11.3 Å². The molecule has 0 atom stereocenters. The number of nitrogens with one attached hydrogen (secondary N) is 3. The van der Waals surface area contributed by atoms with E-state index in [0.29, 0.717) is 13.1 Å². The van der Waals surface area contributed by atoms with Gasteiger partial charge in [0.2, 0.25) is 0 Å². The molecule has 0 aliphatic carbocycles. The van der Waals surface area contributed by atoms with Crippen LogP contribution in [0.15, 0.2) is 10.4 Å². The van der Waals surface area contributed by atoms with Gasteiger partial charge in [-0.15, -0.1) is 11.3 Å². The molecule has 0 fully saturated rings. The van der Waals surface area contributed by atoms with Crippen LogP contribution in [-0.2, 0) is 11.2 Å². The quantitative estimate of drug-likeness (QED) is 0.372. The number of amides is 1. The average molecular weight is 370 g/mol. The molecule has 25 heavy (non-hydrogen) atoms. The van der Waals surface area contributed by atoms with Crippen LogP contribution in [0.25, 0.3) is 0 Å². The third-order valence-corrected chi connectivity index (χ3v) is 3.78. The van der Waals surface area contributed by atoms with Gasteiger partial charge in [-0.1, -0.05) is 0 Å². The molecule has 0 saturated heterocycles. The number of carbonyl (C=O) groups excluding carboxylic acids is 1. The van der Waals surface area contributed by atoms with Crippen molar-refractivity contribution in [2.45, 2.75) is 53.1 Å². The Bertz CT molecular complexity index is 551. The highest BCUT2D eigenvalue weighted by Crippen LogP contribution is 2.07. The van der Waals surface area contributed by atoms with E-state index in [9.17, 15) is 4.79 Å². The van der Waals surface area contributed by atoms with Crippen LogP contribution in [0.1, 0.15) is 44.8 Å². The minimum absolute atomic E-state index is 0.389. The molecule has 0 bridgehead atoms. The summed E-state index contributed by atoms with van der Waals surface area (Å²) in [7, 11) is 0. The van der Waals surface area contributed by atoms with Crippen LogP contribution < -0.4 is 16.0 Å². The van der Waals surface area contributed by atoms with E-state index in [4.69, 9.17) is 4.74 Å². The normalized spacial score (nSPS) is 12.0. The molecule has 0 unspecified atom stereocenters. The number of hydrogen-bond acceptors (Lipinski definition) is 5. The fourth-order valence-corrected chi connectivity index (χ4v) is 2.60. The van der Waals surface area contributed by atoms with Crippen LogP contribution in [-0.4, -0.2) is 48.8 Å². The third-order valence-electron chi connectivity index (χ3n) is 2.96. The summed E-state index contributed by atoms with van der Waals surface area (Å²) in [5.74, 6) is 0.784. The molecule has 0 aliphatic rings. The Morgan fingerprint density at radius 3 is 2.64 bits per heavy atom. The Morgan fingerprint density at radius 2 is 2.04 bits per heavy atom. The lowest BCUT2D eigenvalue weighted by molar-refractivity contribution is 0.0527. The number of ether oxygens (including phenoxy) is 1. The summed E-state index contributed by atoms with van der Waals surface area (Å²) in [4.78, 5) is 20.5.